The van der Waals surface area contributed by atoms with Gasteiger partial charge in [-0.3, -0.25) is 4.79 Å². The second-order valence-corrected chi connectivity index (χ2v) is 5.28. The predicted octanol–water partition coefficient (Wildman–Crippen LogP) is 2.50. The van der Waals surface area contributed by atoms with E-state index in [2.05, 4.69) is 17.4 Å². The second kappa shape index (κ2) is 8.98. The van der Waals surface area contributed by atoms with E-state index in [1.165, 1.54) is 18.4 Å². The van der Waals surface area contributed by atoms with Gasteiger partial charge in [-0.05, 0) is 44.2 Å². The Labute approximate surface area is 128 Å². The molecule has 1 aliphatic carbocycles. The molecular formula is C16H25ClN2O. The zero-order valence-electron chi connectivity index (χ0n) is 12.2. The topological polar surface area (TPSA) is 32.3 Å². The Kier molecular flexibility index (Phi) is 7.63. The number of carbonyl (C=O) groups is 1. The van der Waals surface area contributed by atoms with Gasteiger partial charge >= 0.3 is 0 Å². The van der Waals surface area contributed by atoms with Crippen molar-refractivity contribution in [2.45, 2.75) is 26.2 Å². The lowest BCUT2D eigenvalue weighted by molar-refractivity contribution is -0.130. The molecule has 0 saturated heterocycles. The van der Waals surface area contributed by atoms with Gasteiger partial charge in [0.05, 0.1) is 6.54 Å². The average Bonchev–Trinajstić information content (AvgIpc) is 3.25. The van der Waals surface area contributed by atoms with Crippen molar-refractivity contribution in [1.82, 2.24) is 10.2 Å². The molecule has 1 N–H and O–H groups in total. The summed E-state index contributed by atoms with van der Waals surface area (Å²) in [6, 6.07) is 10.3. The van der Waals surface area contributed by atoms with Crippen LogP contribution in [0.5, 0.6) is 0 Å². The molecule has 1 aromatic rings. The lowest BCUT2D eigenvalue weighted by Gasteiger charge is -2.21. The first-order valence-corrected chi connectivity index (χ1v) is 7.32. The molecule has 20 heavy (non-hydrogen) atoms. The van der Waals surface area contributed by atoms with Gasteiger partial charge in [0.25, 0.3) is 0 Å². The van der Waals surface area contributed by atoms with Crippen molar-refractivity contribution < 1.29 is 4.79 Å². The van der Waals surface area contributed by atoms with Crippen LogP contribution in [-0.2, 0) is 11.2 Å². The van der Waals surface area contributed by atoms with E-state index >= 15 is 0 Å². The van der Waals surface area contributed by atoms with Crippen LogP contribution < -0.4 is 5.32 Å². The van der Waals surface area contributed by atoms with Gasteiger partial charge in [0.2, 0.25) is 5.91 Å². The highest BCUT2D eigenvalue weighted by molar-refractivity contribution is 5.85. The molecule has 1 aliphatic rings. The number of benzene rings is 1. The number of hydrogen-bond acceptors (Lipinski definition) is 2. The summed E-state index contributed by atoms with van der Waals surface area (Å²) in [4.78, 5) is 14.0. The summed E-state index contributed by atoms with van der Waals surface area (Å²) in [6.45, 7) is 5.13. The zero-order chi connectivity index (χ0) is 13.5. The molecule has 1 fully saturated rings. The SMILES string of the molecule is CCN(CCc1ccccc1)C(=O)CNCC1CC1.Cl. The number of carbonyl (C=O) groups excluding carboxylic acids is 1. The molecule has 0 heterocycles. The second-order valence-electron chi connectivity index (χ2n) is 5.28. The predicted molar refractivity (Wildman–Crippen MR) is 85.2 cm³/mol. The van der Waals surface area contributed by atoms with Crippen LogP contribution in [0.2, 0.25) is 0 Å². The Bertz CT molecular complexity index is 393. The van der Waals surface area contributed by atoms with Crippen LogP contribution >= 0.6 is 12.4 Å². The van der Waals surface area contributed by atoms with Crippen molar-refractivity contribution in [2.75, 3.05) is 26.2 Å². The Morgan fingerprint density at radius 1 is 1.30 bits per heavy atom. The van der Waals surface area contributed by atoms with Crippen LogP contribution in [0.3, 0.4) is 0 Å². The number of amides is 1. The van der Waals surface area contributed by atoms with E-state index in [1.54, 1.807) is 0 Å². The van der Waals surface area contributed by atoms with Gasteiger partial charge in [-0.1, -0.05) is 30.3 Å². The van der Waals surface area contributed by atoms with E-state index in [4.69, 9.17) is 0 Å². The number of halogens is 1. The molecule has 0 radical (unpaired) electrons. The largest absolute Gasteiger partial charge is 0.342 e. The molecular weight excluding hydrogens is 272 g/mol. The molecule has 0 aromatic heterocycles. The third-order valence-corrected chi connectivity index (χ3v) is 3.65. The van der Waals surface area contributed by atoms with E-state index in [9.17, 15) is 4.79 Å². The highest BCUT2D eigenvalue weighted by Crippen LogP contribution is 2.27. The van der Waals surface area contributed by atoms with Gasteiger partial charge in [-0.15, -0.1) is 12.4 Å². The summed E-state index contributed by atoms with van der Waals surface area (Å²) in [5, 5.41) is 3.27. The monoisotopic (exact) mass is 296 g/mol. The van der Waals surface area contributed by atoms with Crippen molar-refractivity contribution in [1.29, 1.82) is 0 Å². The normalized spacial score (nSPS) is 13.7. The first-order chi connectivity index (χ1) is 9.29. The van der Waals surface area contributed by atoms with Crippen LogP contribution in [-0.4, -0.2) is 37.0 Å². The van der Waals surface area contributed by atoms with Crippen molar-refractivity contribution in [3.63, 3.8) is 0 Å². The summed E-state index contributed by atoms with van der Waals surface area (Å²) in [6.07, 6.45) is 3.59. The highest BCUT2D eigenvalue weighted by atomic mass is 35.5. The minimum Gasteiger partial charge on any atom is -0.342 e. The van der Waals surface area contributed by atoms with E-state index in [0.29, 0.717) is 6.54 Å². The van der Waals surface area contributed by atoms with Gasteiger partial charge in [0.1, 0.15) is 0 Å². The minimum absolute atomic E-state index is 0. The van der Waals surface area contributed by atoms with Crippen LogP contribution in [0, 0.1) is 5.92 Å². The van der Waals surface area contributed by atoms with Crippen LogP contribution in [0.15, 0.2) is 30.3 Å². The summed E-state index contributed by atoms with van der Waals surface area (Å²) < 4.78 is 0. The van der Waals surface area contributed by atoms with Crippen molar-refractivity contribution in [3.8, 4) is 0 Å². The first kappa shape index (κ1) is 17.0. The zero-order valence-corrected chi connectivity index (χ0v) is 13.0. The smallest absolute Gasteiger partial charge is 0.236 e. The van der Waals surface area contributed by atoms with E-state index in [0.717, 1.165) is 32.0 Å². The molecule has 3 nitrogen and oxygen atoms in total. The highest BCUT2D eigenvalue weighted by Gasteiger charge is 2.21. The quantitative estimate of drug-likeness (QED) is 0.799. The Morgan fingerprint density at radius 2 is 2.00 bits per heavy atom. The van der Waals surface area contributed by atoms with E-state index in [1.807, 2.05) is 30.0 Å². The Hall–Kier alpha value is -1.06. The lowest BCUT2D eigenvalue weighted by Crippen LogP contribution is -2.39. The third-order valence-electron chi connectivity index (χ3n) is 3.65. The fourth-order valence-corrected chi connectivity index (χ4v) is 2.18. The average molecular weight is 297 g/mol. The lowest BCUT2D eigenvalue weighted by atomic mass is 10.1. The van der Waals surface area contributed by atoms with Gasteiger partial charge in [-0.25, -0.2) is 0 Å². The minimum atomic E-state index is 0. The number of nitrogens with one attached hydrogen (secondary N) is 1. The molecule has 0 atom stereocenters. The Balaban J connectivity index is 0.00000200. The molecule has 1 saturated carbocycles. The molecule has 0 bridgehead atoms. The number of likely N-dealkylation sites (N-methyl/N-ethyl adjacent to an activating group) is 1. The Morgan fingerprint density at radius 3 is 2.60 bits per heavy atom. The summed E-state index contributed by atoms with van der Waals surface area (Å²) in [5.74, 6) is 1.05. The maximum Gasteiger partial charge on any atom is 0.236 e. The van der Waals surface area contributed by atoms with Crippen LogP contribution in [0.25, 0.3) is 0 Å². The standard InChI is InChI=1S/C16H24N2O.ClH/c1-2-18(11-10-14-6-4-3-5-7-14)16(19)13-17-12-15-8-9-15;/h3-7,15,17H,2,8-13H2,1H3;1H. The van der Waals surface area contributed by atoms with Gasteiger partial charge < -0.3 is 10.2 Å². The van der Waals surface area contributed by atoms with Gasteiger partial charge in [-0.2, -0.15) is 0 Å². The van der Waals surface area contributed by atoms with Crippen molar-refractivity contribution in [2.24, 2.45) is 5.92 Å². The number of nitrogens with zero attached hydrogens (tertiary/aromatic N) is 1. The van der Waals surface area contributed by atoms with Crippen molar-refractivity contribution in [3.05, 3.63) is 35.9 Å². The molecule has 1 amide bonds. The van der Waals surface area contributed by atoms with E-state index in [-0.39, 0.29) is 18.3 Å². The van der Waals surface area contributed by atoms with Gasteiger partial charge in [0, 0.05) is 13.1 Å². The maximum atomic E-state index is 12.1. The number of rotatable bonds is 8. The maximum absolute atomic E-state index is 12.1. The molecule has 2 rings (SSSR count). The van der Waals surface area contributed by atoms with Crippen LogP contribution in [0.1, 0.15) is 25.3 Å². The van der Waals surface area contributed by atoms with Crippen LogP contribution in [0.4, 0.5) is 0 Å². The number of hydrogen-bond donors (Lipinski definition) is 1. The third kappa shape index (κ3) is 5.93. The van der Waals surface area contributed by atoms with E-state index < -0.39 is 0 Å². The molecule has 0 spiro atoms. The summed E-state index contributed by atoms with van der Waals surface area (Å²) in [7, 11) is 0. The molecule has 0 unspecified atom stereocenters. The van der Waals surface area contributed by atoms with Gasteiger partial charge in [0.15, 0.2) is 0 Å². The fraction of sp³-hybridized carbons (Fsp3) is 0.562. The molecule has 1 aromatic carbocycles. The first-order valence-electron chi connectivity index (χ1n) is 7.32. The fourth-order valence-electron chi connectivity index (χ4n) is 2.18. The molecule has 0 aliphatic heterocycles. The van der Waals surface area contributed by atoms with Crippen molar-refractivity contribution >= 4 is 18.3 Å². The summed E-state index contributed by atoms with van der Waals surface area (Å²) >= 11 is 0. The molecule has 4 heteroatoms. The molecule has 112 valence electrons. The summed E-state index contributed by atoms with van der Waals surface area (Å²) in [5.41, 5.74) is 1.29.